The zero-order chi connectivity index (χ0) is 22.9. The quantitative estimate of drug-likeness (QED) is 0.409. The summed E-state index contributed by atoms with van der Waals surface area (Å²) in [5.74, 6) is 0.597. The first kappa shape index (κ1) is 20.2. The van der Waals surface area contributed by atoms with Crippen molar-refractivity contribution in [1.82, 2.24) is 24.7 Å². The fourth-order valence-electron chi connectivity index (χ4n) is 3.80. The number of thioether (sulfide) groups is 1. The average molecular weight is 462 g/mol. The molecule has 0 radical (unpaired) electrons. The Morgan fingerprint density at radius 2 is 1.38 bits per heavy atom. The van der Waals surface area contributed by atoms with Gasteiger partial charge in [-0.25, -0.2) is 4.68 Å². The third-order valence-corrected chi connectivity index (χ3v) is 6.19. The number of rotatable bonds is 4. The molecular weight excluding hydrogens is 442 g/mol. The highest BCUT2D eigenvalue weighted by atomic mass is 32.2. The summed E-state index contributed by atoms with van der Waals surface area (Å²) in [5, 5.41) is 19.9. The second-order valence-corrected chi connectivity index (χ2v) is 8.70. The van der Waals surface area contributed by atoms with E-state index < -0.39 is 0 Å². The molecule has 1 aliphatic rings. The number of benzene rings is 3. The third kappa shape index (κ3) is 3.70. The largest absolute Gasteiger partial charge is 0.393 e. The predicted molar refractivity (Wildman–Crippen MR) is 135 cm³/mol. The molecule has 164 valence electrons. The summed E-state index contributed by atoms with van der Waals surface area (Å²) in [6.07, 6.45) is 3.84. The van der Waals surface area contributed by atoms with Crippen LogP contribution >= 0.6 is 11.8 Å². The van der Waals surface area contributed by atoms with E-state index in [-0.39, 0.29) is 0 Å². The van der Waals surface area contributed by atoms with Crippen molar-refractivity contribution in [2.45, 2.75) is 5.16 Å². The van der Waals surface area contributed by atoms with E-state index in [2.05, 4.69) is 10.2 Å². The third-order valence-electron chi connectivity index (χ3n) is 5.40. The van der Waals surface area contributed by atoms with Gasteiger partial charge in [0.05, 0.1) is 22.0 Å². The van der Waals surface area contributed by atoms with Gasteiger partial charge in [-0.1, -0.05) is 78.9 Å². The smallest absolute Gasteiger partial charge is 0.218 e. The topological polar surface area (TPSA) is 86.9 Å². The van der Waals surface area contributed by atoms with Gasteiger partial charge in [0, 0.05) is 17.3 Å². The summed E-state index contributed by atoms with van der Waals surface area (Å²) in [5.41, 5.74) is 11.5. The molecular formula is C26H19N7S. The number of hydrogen-bond donors (Lipinski definition) is 1. The fraction of sp³-hybridized carbons (Fsp3) is 0. The lowest BCUT2D eigenvalue weighted by molar-refractivity contribution is 0.773. The molecule has 7 nitrogen and oxygen atoms in total. The molecule has 0 aliphatic carbocycles. The Morgan fingerprint density at radius 3 is 2.09 bits per heavy atom. The highest BCUT2D eigenvalue weighted by molar-refractivity contribution is 8.02. The monoisotopic (exact) mass is 461 g/mol. The van der Waals surface area contributed by atoms with Crippen molar-refractivity contribution in [2.24, 2.45) is 10.8 Å². The van der Waals surface area contributed by atoms with Gasteiger partial charge in [0.2, 0.25) is 5.16 Å². The van der Waals surface area contributed by atoms with Crippen molar-refractivity contribution >= 4 is 17.5 Å². The lowest BCUT2D eigenvalue weighted by Gasteiger charge is -2.05. The Morgan fingerprint density at radius 1 is 0.735 bits per heavy atom. The molecule has 0 unspecified atom stereocenters. The predicted octanol–water partition coefficient (Wildman–Crippen LogP) is 4.96. The molecule has 3 aromatic carbocycles. The summed E-state index contributed by atoms with van der Waals surface area (Å²) < 4.78 is 3.61. The van der Waals surface area contributed by atoms with Crippen LogP contribution in [0.3, 0.4) is 0 Å². The average Bonchev–Trinajstić information content (AvgIpc) is 3.45. The molecule has 0 atom stereocenters. The minimum atomic E-state index is 0.597. The van der Waals surface area contributed by atoms with E-state index in [9.17, 15) is 0 Å². The molecule has 5 aromatic rings. The Bertz CT molecular complexity index is 1520. The van der Waals surface area contributed by atoms with Crippen LogP contribution in [0.1, 0.15) is 5.56 Å². The Kier molecular flexibility index (Phi) is 5.04. The molecule has 0 saturated heterocycles. The van der Waals surface area contributed by atoms with Crippen LogP contribution in [0.5, 0.6) is 0 Å². The van der Waals surface area contributed by atoms with Gasteiger partial charge in [0.15, 0.2) is 5.82 Å². The Balaban J connectivity index is 1.55. The van der Waals surface area contributed by atoms with Crippen LogP contribution in [-0.2, 0) is 0 Å². The normalized spacial score (nSPS) is 13.1. The molecule has 34 heavy (non-hydrogen) atoms. The number of hydrogen-bond acceptors (Lipinski definition) is 6. The molecule has 6 rings (SSSR count). The maximum absolute atomic E-state index is 6.27. The highest BCUT2D eigenvalue weighted by Gasteiger charge is 2.24. The standard InChI is InChI=1S/C26H19N7S/c27-23-16-22(18-10-4-1-5-11-18)30-33-25(28-29-26(33)34-23)21-17-32(20-14-8-3-9-15-20)31-24(21)19-12-6-2-7-13-19/h1-17H,27H2. The zero-order valence-electron chi connectivity index (χ0n) is 18.0. The molecule has 3 heterocycles. The Hall–Kier alpha value is -4.43. The summed E-state index contributed by atoms with van der Waals surface area (Å²) in [6.45, 7) is 0. The van der Waals surface area contributed by atoms with Crippen molar-refractivity contribution in [3.8, 4) is 28.3 Å². The van der Waals surface area contributed by atoms with Gasteiger partial charge in [-0.2, -0.15) is 14.9 Å². The van der Waals surface area contributed by atoms with Crippen molar-refractivity contribution in [3.63, 3.8) is 0 Å². The molecule has 0 saturated carbocycles. The van der Waals surface area contributed by atoms with Crippen LogP contribution in [0.4, 0.5) is 0 Å². The van der Waals surface area contributed by atoms with Crippen molar-refractivity contribution < 1.29 is 0 Å². The summed E-state index contributed by atoms with van der Waals surface area (Å²) >= 11 is 1.34. The van der Waals surface area contributed by atoms with Crippen molar-refractivity contribution in [2.75, 3.05) is 0 Å². The van der Waals surface area contributed by atoms with Gasteiger partial charge in [0.25, 0.3) is 0 Å². The minimum Gasteiger partial charge on any atom is -0.393 e. The van der Waals surface area contributed by atoms with Crippen LogP contribution in [0.15, 0.2) is 119 Å². The highest BCUT2D eigenvalue weighted by Crippen LogP contribution is 2.35. The SMILES string of the molecule is NC1=CC(c2ccccc2)=Nn2c(nnc2-c2cn(-c3ccccc3)nc2-c2ccccc2)S1. The summed E-state index contributed by atoms with van der Waals surface area (Å²) in [4.78, 5) is 0. The van der Waals surface area contributed by atoms with E-state index >= 15 is 0 Å². The van der Waals surface area contributed by atoms with Crippen LogP contribution in [-0.4, -0.2) is 30.4 Å². The van der Waals surface area contributed by atoms with Crippen LogP contribution in [0.2, 0.25) is 0 Å². The van der Waals surface area contributed by atoms with E-state index in [1.165, 1.54) is 11.8 Å². The fourth-order valence-corrected chi connectivity index (χ4v) is 4.48. The van der Waals surface area contributed by atoms with Gasteiger partial charge in [-0.3, -0.25) is 0 Å². The Labute approximate surface area is 200 Å². The second-order valence-electron chi connectivity index (χ2n) is 7.66. The molecule has 8 heteroatoms. The lowest BCUT2D eigenvalue weighted by atomic mass is 10.1. The van der Waals surface area contributed by atoms with Gasteiger partial charge >= 0.3 is 0 Å². The van der Waals surface area contributed by atoms with E-state index in [1.54, 1.807) is 4.68 Å². The second kappa shape index (κ2) is 8.49. The van der Waals surface area contributed by atoms with E-state index in [0.717, 1.165) is 33.8 Å². The lowest BCUT2D eigenvalue weighted by Crippen LogP contribution is -2.03. The number of nitrogens with zero attached hydrogens (tertiary/aromatic N) is 6. The molecule has 1 aliphatic heterocycles. The summed E-state index contributed by atoms with van der Waals surface area (Å²) in [6, 6.07) is 30.0. The first-order valence-electron chi connectivity index (χ1n) is 10.7. The van der Waals surface area contributed by atoms with Crippen molar-refractivity contribution in [3.05, 3.63) is 114 Å². The molecule has 0 fully saturated rings. The zero-order valence-corrected chi connectivity index (χ0v) is 18.8. The van der Waals surface area contributed by atoms with Gasteiger partial charge in [-0.15, -0.1) is 10.2 Å². The first-order valence-corrected chi connectivity index (χ1v) is 11.5. The number of nitrogens with two attached hydrogens (primary N) is 1. The van der Waals surface area contributed by atoms with E-state index in [1.807, 2.05) is 108 Å². The van der Waals surface area contributed by atoms with Crippen LogP contribution < -0.4 is 5.73 Å². The molecule has 0 bridgehead atoms. The number of fused-ring (bicyclic) bond motifs is 1. The maximum Gasteiger partial charge on any atom is 0.218 e. The van der Waals surface area contributed by atoms with Gasteiger partial charge in [-0.05, 0) is 30.0 Å². The van der Waals surface area contributed by atoms with Crippen LogP contribution in [0.25, 0.3) is 28.3 Å². The van der Waals surface area contributed by atoms with Crippen molar-refractivity contribution in [1.29, 1.82) is 0 Å². The number of para-hydroxylation sites is 1. The van der Waals surface area contributed by atoms with E-state index in [4.69, 9.17) is 15.9 Å². The summed E-state index contributed by atoms with van der Waals surface area (Å²) in [7, 11) is 0. The maximum atomic E-state index is 6.27. The molecule has 0 spiro atoms. The van der Waals surface area contributed by atoms with E-state index in [0.29, 0.717) is 16.0 Å². The molecule has 0 amide bonds. The minimum absolute atomic E-state index is 0.597. The first-order chi connectivity index (χ1) is 16.8. The van der Waals surface area contributed by atoms with Crippen LogP contribution in [0, 0.1) is 0 Å². The van der Waals surface area contributed by atoms with Gasteiger partial charge < -0.3 is 5.73 Å². The number of allylic oxidation sites excluding steroid dienone is 1. The number of aromatic nitrogens is 5. The van der Waals surface area contributed by atoms with Gasteiger partial charge in [0.1, 0.15) is 5.69 Å². The molecule has 2 aromatic heterocycles. The molecule has 2 N–H and O–H groups in total.